The van der Waals surface area contributed by atoms with Crippen molar-refractivity contribution in [2.45, 2.75) is 6.61 Å². The molecule has 0 amide bonds. The Morgan fingerprint density at radius 3 is 2.84 bits per heavy atom. The van der Waals surface area contributed by atoms with Crippen molar-refractivity contribution >= 4 is 17.1 Å². The first-order chi connectivity index (χ1) is 9.20. The summed E-state index contributed by atoms with van der Waals surface area (Å²) in [6.45, 7) is 0.325. The molecule has 0 radical (unpaired) electrons. The quantitative estimate of drug-likeness (QED) is 0.762. The molecule has 0 atom stereocenters. The third-order valence-corrected chi connectivity index (χ3v) is 3.38. The zero-order valence-electron chi connectivity index (χ0n) is 10.4. The van der Waals surface area contributed by atoms with Gasteiger partial charge in [0.15, 0.2) is 17.3 Å². The van der Waals surface area contributed by atoms with Crippen molar-refractivity contribution in [2.24, 2.45) is 0 Å². The molecular weight excluding hydrogens is 267 g/mol. The molecule has 100 valence electrons. The SMILES string of the molecule is COc1ccc(C(=O)COCc2cccs2)cc1F. The van der Waals surface area contributed by atoms with Crippen LogP contribution in [0.1, 0.15) is 15.2 Å². The van der Waals surface area contributed by atoms with Gasteiger partial charge in [-0.1, -0.05) is 6.07 Å². The van der Waals surface area contributed by atoms with Crippen LogP contribution in [-0.4, -0.2) is 19.5 Å². The number of ketones is 1. The number of thiophene rings is 1. The third-order valence-electron chi connectivity index (χ3n) is 2.53. The molecule has 0 saturated heterocycles. The Labute approximate surface area is 114 Å². The summed E-state index contributed by atoms with van der Waals surface area (Å²) in [5.41, 5.74) is 0.282. The summed E-state index contributed by atoms with van der Waals surface area (Å²) in [5.74, 6) is -0.680. The van der Waals surface area contributed by atoms with Crippen molar-refractivity contribution < 1.29 is 18.7 Å². The van der Waals surface area contributed by atoms with E-state index in [0.29, 0.717) is 6.61 Å². The fourth-order valence-corrected chi connectivity index (χ4v) is 2.20. The van der Waals surface area contributed by atoms with Gasteiger partial charge in [-0.2, -0.15) is 0 Å². The van der Waals surface area contributed by atoms with Crippen LogP contribution >= 0.6 is 11.3 Å². The number of methoxy groups -OCH3 is 1. The number of carbonyl (C=O) groups is 1. The first kappa shape index (κ1) is 13.7. The van der Waals surface area contributed by atoms with Gasteiger partial charge in [0, 0.05) is 10.4 Å². The van der Waals surface area contributed by atoms with E-state index >= 15 is 0 Å². The summed E-state index contributed by atoms with van der Waals surface area (Å²) < 4.78 is 23.5. The molecule has 1 aromatic heterocycles. The Bertz CT molecular complexity index is 552. The summed E-state index contributed by atoms with van der Waals surface area (Å²) in [5, 5.41) is 1.94. The van der Waals surface area contributed by atoms with Gasteiger partial charge in [0.2, 0.25) is 0 Å². The molecule has 5 heteroatoms. The van der Waals surface area contributed by atoms with E-state index in [1.165, 1.54) is 19.2 Å². The second-order valence-electron chi connectivity index (χ2n) is 3.84. The summed E-state index contributed by atoms with van der Waals surface area (Å²) in [4.78, 5) is 12.8. The van der Waals surface area contributed by atoms with E-state index in [2.05, 4.69) is 0 Å². The van der Waals surface area contributed by atoms with Crippen LogP contribution in [0, 0.1) is 5.82 Å². The van der Waals surface area contributed by atoms with Gasteiger partial charge in [0.25, 0.3) is 0 Å². The maximum absolute atomic E-state index is 13.4. The Hall–Kier alpha value is -1.72. The van der Waals surface area contributed by atoms with E-state index in [-0.39, 0.29) is 23.7 Å². The number of hydrogen-bond acceptors (Lipinski definition) is 4. The molecule has 0 aliphatic rings. The van der Waals surface area contributed by atoms with Gasteiger partial charge < -0.3 is 9.47 Å². The summed E-state index contributed by atoms with van der Waals surface area (Å²) in [6.07, 6.45) is 0. The molecule has 0 bridgehead atoms. The number of ether oxygens (including phenoxy) is 2. The van der Waals surface area contributed by atoms with E-state index < -0.39 is 5.82 Å². The highest BCUT2D eigenvalue weighted by molar-refractivity contribution is 7.09. The van der Waals surface area contributed by atoms with Crippen molar-refractivity contribution in [3.05, 3.63) is 52.0 Å². The third kappa shape index (κ3) is 3.62. The number of Topliss-reactive ketones (excluding diaryl/α,β-unsaturated/α-hetero) is 1. The lowest BCUT2D eigenvalue weighted by molar-refractivity contribution is 0.0731. The maximum atomic E-state index is 13.4. The van der Waals surface area contributed by atoms with Gasteiger partial charge in [-0.25, -0.2) is 4.39 Å². The lowest BCUT2D eigenvalue weighted by Crippen LogP contribution is -2.09. The van der Waals surface area contributed by atoms with Gasteiger partial charge in [0.1, 0.15) is 6.61 Å². The number of hydrogen-bond donors (Lipinski definition) is 0. The molecule has 0 aliphatic heterocycles. The summed E-state index contributed by atoms with van der Waals surface area (Å²) in [7, 11) is 1.38. The van der Waals surface area contributed by atoms with E-state index in [4.69, 9.17) is 9.47 Å². The van der Waals surface area contributed by atoms with E-state index in [9.17, 15) is 9.18 Å². The predicted octanol–water partition coefficient (Wildman–Crippen LogP) is 3.30. The Balaban J connectivity index is 1.91. The molecule has 1 heterocycles. The molecule has 3 nitrogen and oxygen atoms in total. The highest BCUT2D eigenvalue weighted by atomic mass is 32.1. The lowest BCUT2D eigenvalue weighted by atomic mass is 10.1. The minimum atomic E-state index is -0.549. The van der Waals surface area contributed by atoms with Gasteiger partial charge in [-0.05, 0) is 29.6 Å². The molecule has 0 N–H and O–H groups in total. The van der Waals surface area contributed by atoms with Crippen LogP contribution in [0.25, 0.3) is 0 Å². The molecule has 1 aromatic carbocycles. The number of rotatable bonds is 6. The van der Waals surface area contributed by atoms with Crippen LogP contribution in [-0.2, 0) is 11.3 Å². The predicted molar refractivity (Wildman–Crippen MR) is 71.3 cm³/mol. The fourth-order valence-electron chi connectivity index (χ4n) is 1.56. The Morgan fingerprint density at radius 2 is 2.21 bits per heavy atom. The molecule has 0 unspecified atom stereocenters. The second kappa shape index (κ2) is 6.45. The minimum Gasteiger partial charge on any atom is -0.494 e. The Kier molecular flexibility index (Phi) is 4.65. The molecule has 2 aromatic rings. The van der Waals surface area contributed by atoms with Crippen molar-refractivity contribution in [1.82, 2.24) is 0 Å². The van der Waals surface area contributed by atoms with Crippen LogP contribution in [0.3, 0.4) is 0 Å². The molecular formula is C14H13FO3S. The van der Waals surface area contributed by atoms with Gasteiger partial charge in [-0.15, -0.1) is 11.3 Å². The average Bonchev–Trinajstić information content (AvgIpc) is 2.91. The topological polar surface area (TPSA) is 35.5 Å². The maximum Gasteiger partial charge on any atom is 0.188 e. The lowest BCUT2D eigenvalue weighted by Gasteiger charge is -2.05. The van der Waals surface area contributed by atoms with Crippen molar-refractivity contribution in [3.63, 3.8) is 0 Å². The molecule has 0 fully saturated rings. The van der Waals surface area contributed by atoms with Gasteiger partial charge >= 0.3 is 0 Å². The van der Waals surface area contributed by atoms with E-state index in [1.807, 2.05) is 17.5 Å². The first-order valence-corrected chi connectivity index (χ1v) is 6.55. The van der Waals surface area contributed by atoms with E-state index in [1.54, 1.807) is 11.3 Å². The van der Waals surface area contributed by atoms with Crippen molar-refractivity contribution in [1.29, 1.82) is 0 Å². The van der Waals surface area contributed by atoms with Crippen molar-refractivity contribution in [3.8, 4) is 5.75 Å². The summed E-state index contributed by atoms with van der Waals surface area (Å²) >= 11 is 1.56. The molecule has 2 rings (SSSR count). The molecule has 0 aliphatic carbocycles. The zero-order chi connectivity index (χ0) is 13.7. The van der Waals surface area contributed by atoms with Crippen LogP contribution in [0.4, 0.5) is 4.39 Å². The zero-order valence-corrected chi connectivity index (χ0v) is 11.2. The number of carbonyl (C=O) groups excluding carboxylic acids is 1. The minimum absolute atomic E-state index is 0.0658. The molecule has 19 heavy (non-hydrogen) atoms. The molecule has 0 saturated carbocycles. The standard InChI is InChI=1S/C14H13FO3S/c1-17-14-5-4-10(7-12(14)15)13(16)9-18-8-11-3-2-6-19-11/h2-7H,8-9H2,1H3. The second-order valence-corrected chi connectivity index (χ2v) is 4.88. The molecule has 0 spiro atoms. The van der Waals surface area contributed by atoms with E-state index in [0.717, 1.165) is 10.9 Å². The smallest absolute Gasteiger partial charge is 0.188 e. The van der Waals surface area contributed by atoms with Gasteiger partial charge in [-0.3, -0.25) is 4.79 Å². The summed E-state index contributed by atoms with van der Waals surface area (Å²) in [6, 6.07) is 7.97. The van der Waals surface area contributed by atoms with Gasteiger partial charge in [0.05, 0.1) is 13.7 Å². The monoisotopic (exact) mass is 280 g/mol. The van der Waals surface area contributed by atoms with Crippen LogP contribution < -0.4 is 4.74 Å². The largest absolute Gasteiger partial charge is 0.494 e. The number of halogens is 1. The van der Waals surface area contributed by atoms with Crippen molar-refractivity contribution in [2.75, 3.05) is 13.7 Å². The van der Waals surface area contributed by atoms with Crippen LogP contribution in [0.15, 0.2) is 35.7 Å². The van der Waals surface area contributed by atoms with Crippen LogP contribution in [0.5, 0.6) is 5.75 Å². The average molecular weight is 280 g/mol. The number of benzene rings is 1. The highest BCUT2D eigenvalue weighted by Gasteiger charge is 2.10. The van der Waals surface area contributed by atoms with Crippen LogP contribution in [0.2, 0.25) is 0 Å². The Morgan fingerprint density at radius 1 is 1.37 bits per heavy atom. The fraction of sp³-hybridized carbons (Fsp3) is 0.214. The normalized spacial score (nSPS) is 10.4. The first-order valence-electron chi connectivity index (χ1n) is 5.67. The highest BCUT2D eigenvalue weighted by Crippen LogP contribution is 2.18.